The van der Waals surface area contributed by atoms with E-state index >= 15 is 0 Å². The minimum atomic E-state index is -0.644. The second-order valence-corrected chi connectivity index (χ2v) is 6.24. The number of amides is 1. The molecule has 0 aromatic heterocycles. The fourth-order valence-electron chi connectivity index (χ4n) is 2.95. The molecule has 2 aliphatic heterocycles. The summed E-state index contributed by atoms with van der Waals surface area (Å²) in [6.45, 7) is 5.73. The van der Waals surface area contributed by atoms with Crippen molar-refractivity contribution in [2.24, 2.45) is 10.2 Å². The molecule has 1 atom stereocenters. The first-order valence-corrected chi connectivity index (χ1v) is 7.65. The molecule has 1 aromatic rings. The molecule has 2 heterocycles. The van der Waals surface area contributed by atoms with Crippen molar-refractivity contribution < 1.29 is 4.79 Å². The zero-order valence-corrected chi connectivity index (χ0v) is 12.7. The summed E-state index contributed by atoms with van der Waals surface area (Å²) in [4.78, 5) is 14.4. The van der Waals surface area contributed by atoms with Gasteiger partial charge in [-0.2, -0.15) is 10.2 Å². The van der Waals surface area contributed by atoms with Crippen LogP contribution < -0.4 is 5.32 Å². The SMILES string of the molecule is Cc1ccc2c(c1)NC(C)(CC(=O)N1CCCCC1)N=N2. The summed E-state index contributed by atoms with van der Waals surface area (Å²) < 4.78 is 0. The maximum atomic E-state index is 12.4. The maximum Gasteiger partial charge on any atom is 0.226 e. The summed E-state index contributed by atoms with van der Waals surface area (Å²) in [5.74, 6) is 0.166. The number of hydrogen-bond donors (Lipinski definition) is 1. The minimum absolute atomic E-state index is 0.166. The van der Waals surface area contributed by atoms with Crippen LogP contribution in [0.15, 0.2) is 28.4 Å². The Morgan fingerprint density at radius 1 is 1.33 bits per heavy atom. The smallest absolute Gasteiger partial charge is 0.226 e. The fourth-order valence-corrected chi connectivity index (χ4v) is 2.95. The van der Waals surface area contributed by atoms with Crippen LogP contribution in [0.2, 0.25) is 0 Å². The highest BCUT2D eigenvalue weighted by Gasteiger charge is 2.33. The summed E-state index contributed by atoms with van der Waals surface area (Å²) in [6.07, 6.45) is 3.80. The van der Waals surface area contributed by atoms with Crippen molar-refractivity contribution in [3.8, 4) is 0 Å². The van der Waals surface area contributed by atoms with Crippen LogP contribution in [0.1, 0.15) is 38.2 Å². The van der Waals surface area contributed by atoms with Crippen LogP contribution in [0.4, 0.5) is 11.4 Å². The second kappa shape index (κ2) is 5.47. The first-order chi connectivity index (χ1) is 10.1. The van der Waals surface area contributed by atoms with Gasteiger partial charge in [-0.15, -0.1) is 0 Å². The van der Waals surface area contributed by atoms with Crippen LogP contribution in [0.3, 0.4) is 0 Å². The minimum Gasteiger partial charge on any atom is -0.358 e. The summed E-state index contributed by atoms with van der Waals surface area (Å²) in [7, 11) is 0. The normalized spacial score (nSPS) is 24.4. The molecule has 21 heavy (non-hydrogen) atoms. The lowest BCUT2D eigenvalue weighted by atomic mass is 10.0. The van der Waals surface area contributed by atoms with E-state index in [1.54, 1.807) is 0 Å². The molecule has 5 nitrogen and oxygen atoms in total. The van der Waals surface area contributed by atoms with E-state index in [1.165, 1.54) is 12.0 Å². The van der Waals surface area contributed by atoms with E-state index in [0.717, 1.165) is 37.3 Å². The van der Waals surface area contributed by atoms with Crippen molar-refractivity contribution in [1.82, 2.24) is 4.90 Å². The second-order valence-electron chi connectivity index (χ2n) is 6.24. The third-order valence-electron chi connectivity index (χ3n) is 4.14. The number of piperidine rings is 1. The molecule has 3 rings (SSSR count). The van der Waals surface area contributed by atoms with Gasteiger partial charge in [0.25, 0.3) is 0 Å². The van der Waals surface area contributed by atoms with Gasteiger partial charge in [0.05, 0.1) is 12.1 Å². The van der Waals surface area contributed by atoms with Crippen molar-refractivity contribution in [2.75, 3.05) is 18.4 Å². The highest BCUT2D eigenvalue weighted by atomic mass is 16.2. The number of hydrogen-bond acceptors (Lipinski definition) is 4. The van der Waals surface area contributed by atoms with Gasteiger partial charge in [0, 0.05) is 13.1 Å². The van der Waals surface area contributed by atoms with Gasteiger partial charge in [-0.1, -0.05) is 6.07 Å². The predicted molar refractivity (Wildman–Crippen MR) is 82.8 cm³/mol. The molecule has 112 valence electrons. The first-order valence-electron chi connectivity index (χ1n) is 7.65. The highest BCUT2D eigenvalue weighted by molar-refractivity contribution is 5.79. The largest absolute Gasteiger partial charge is 0.358 e. The molecule has 0 radical (unpaired) electrons. The number of likely N-dealkylation sites (tertiary alicyclic amines) is 1. The van der Waals surface area contributed by atoms with Crippen LogP contribution in [0.25, 0.3) is 0 Å². The van der Waals surface area contributed by atoms with Crippen molar-refractivity contribution in [3.05, 3.63) is 23.8 Å². The van der Waals surface area contributed by atoms with Gasteiger partial charge < -0.3 is 10.2 Å². The Kier molecular flexibility index (Phi) is 3.66. The molecule has 1 saturated heterocycles. The number of nitrogens with one attached hydrogen (secondary N) is 1. The van der Waals surface area contributed by atoms with Crippen LogP contribution in [-0.4, -0.2) is 29.6 Å². The number of anilines is 1. The molecule has 1 amide bonds. The van der Waals surface area contributed by atoms with Gasteiger partial charge >= 0.3 is 0 Å². The number of aryl methyl sites for hydroxylation is 1. The molecule has 1 N–H and O–H groups in total. The van der Waals surface area contributed by atoms with E-state index in [0.29, 0.717) is 6.42 Å². The van der Waals surface area contributed by atoms with Crippen LogP contribution in [0.5, 0.6) is 0 Å². The fraction of sp³-hybridized carbons (Fsp3) is 0.562. The molecular weight excluding hydrogens is 264 g/mol. The zero-order chi connectivity index (χ0) is 14.9. The number of nitrogens with zero attached hydrogens (tertiary/aromatic N) is 3. The van der Waals surface area contributed by atoms with Crippen LogP contribution in [0, 0.1) is 6.92 Å². The number of azo groups is 1. The summed E-state index contributed by atoms with van der Waals surface area (Å²) >= 11 is 0. The molecule has 1 unspecified atom stereocenters. The number of carbonyl (C=O) groups is 1. The van der Waals surface area contributed by atoms with Gasteiger partial charge in [0.15, 0.2) is 5.66 Å². The Bertz CT molecular complexity index is 578. The number of rotatable bonds is 2. The monoisotopic (exact) mass is 286 g/mol. The molecule has 0 spiro atoms. The van der Waals surface area contributed by atoms with E-state index in [4.69, 9.17) is 0 Å². The topological polar surface area (TPSA) is 57.1 Å². The Morgan fingerprint density at radius 3 is 2.86 bits per heavy atom. The van der Waals surface area contributed by atoms with E-state index in [2.05, 4.69) is 21.6 Å². The molecule has 1 fully saturated rings. The average Bonchev–Trinajstić information content (AvgIpc) is 2.47. The Morgan fingerprint density at radius 2 is 2.10 bits per heavy atom. The Labute approximate surface area is 125 Å². The standard InChI is InChI=1S/C16H22N4O/c1-12-6-7-13-14(10-12)17-16(2,19-18-13)11-15(21)20-8-4-3-5-9-20/h6-7,10,17H,3-5,8-9,11H2,1-2H3. The van der Waals surface area contributed by atoms with E-state index in [9.17, 15) is 4.79 Å². The zero-order valence-electron chi connectivity index (χ0n) is 12.7. The Balaban J connectivity index is 1.72. The third-order valence-corrected chi connectivity index (χ3v) is 4.14. The molecule has 1 aromatic carbocycles. The van der Waals surface area contributed by atoms with Crippen LogP contribution >= 0.6 is 0 Å². The predicted octanol–water partition coefficient (Wildman–Crippen LogP) is 3.62. The molecule has 2 aliphatic rings. The highest BCUT2D eigenvalue weighted by Crippen LogP contribution is 2.36. The van der Waals surface area contributed by atoms with Gasteiger partial charge in [0.2, 0.25) is 5.91 Å². The lowest BCUT2D eigenvalue weighted by Gasteiger charge is -2.33. The molecule has 5 heteroatoms. The molecule has 0 aliphatic carbocycles. The van der Waals surface area contributed by atoms with Gasteiger partial charge in [0.1, 0.15) is 5.69 Å². The molecule has 0 bridgehead atoms. The lowest BCUT2D eigenvalue weighted by Crippen LogP contribution is -2.43. The van der Waals surface area contributed by atoms with E-state index in [1.807, 2.05) is 30.9 Å². The van der Waals surface area contributed by atoms with E-state index in [-0.39, 0.29) is 5.91 Å². The van der Waals surface area contributed by atoms with Gasteiger partial charge in [-0.05, 0) is 50.8 Å². The average molecular weight is 286 g/mol. The summed E-state index contributed by atoms with van der Waals surface area (Å²) in [5.41, 5.74) is 2.32. The van der Waals surface area contributed by atoms with Crippen molar-refractivity contribution in [3.63, 3.8) is 0 Å². The molecule has 0 saturated carbocycles. The maximum absolute atomic E-state index is 12.4. The third kappa shape index (κ3) is 3.06. The lowest BCUT2D eigenvalue weighted by molar-refractivity contribution is -0.133. The van der Waals surface area contributed by atoms with Crippen molar-refractivity contribution in [2.45, 2.75) is 45.2 Å². The number of fused-ring (bicyclic) bond motifs is 1. The first kappa shape index (κ1) is 14.0. The van der Waals surface area contributed by atoms with Crippen molar-refractivity contribution in [1.29, 1.82) is 0 Å². The number of benzene rings is 1. The van der Waals surface area contributed by atoms with Crippen molar-refractivity contribution >= 4 is 17.3 Å². The Hall–Kier alpha value is -1.91. The van der Waals surface area contributed by atoms with Gasteiger partial charge in [-0.3, -0.25) is 4.79 Å². The van der Waals surface area contributed by atoms with Crippen LogP contribution in [-0.2, 0) is 4.79 Å². The van der Waals surface area contributed by atoms with Gasteiger partial charge in [-0.25, -0.2) is 0 Å². The summed E-state index contributed by atoms with van der Waals surface area (Å²) in [6, 6.07) is 6.02. The number of carbonyl (C=O) groups excluding carboxylic acids is 1. The van der Waals surface area contributed by atoms with E-state index < -0.39 is 5.66 Å². The summed E-state index contributed by atoms with van der Waals surface area (Å²) in [5, 5.41) is 12.0. The molecular formula is C16H22N4O. The quantitative estimate of drug-likeness (QED) is 0.902.